The van der Waals surface area contributed by atoms with Crippen LogP contribution in [0.5, 0.6) is 5.75 Å². The fourth-order valence-electron chi connectivity index (χ4n) is 2.51. The van der Waals surface area contributed by atoms with Crippen molar-refractivity contribution in [1.29, 1.82) is 0 Å². The molecule has 1 N–H and O–H groups in total. The predicted octanol–water partition coefficient (Wildman–Crippen LogP) is 1.17. The first kappa shape index (κ1) is 9.04. The summed E-state index contributed by atoms with van der Waals surface area (Å²) in [5, 5.41) is 3.41. The zero-order valence-corrected chi connectivity index (χ0v) is 8.99. The molecule has 3 nitrogen and oxygen atoms in total. The van der Waals surface area contributed by atoms with Gasteiger partial charge in [-0.25, -0.2) is 0 Å². The maximum absolute atomic E-state index is 5.79. The summed E-state index contributed by atoms with van der Waals surface area (Å²) in [6.07, 6.45) is 0. The lowest BCUT2D eigenvalue weighted by molar-refractivity contribution is 0.246. The molecule has 0 aromatic heterocycles. The van der Waals surface area contributed by atoms with Gasteiger partial charge in [-0.1, -0.05) is 12.1 Å². The van der Waals surface area contributed by atoms with E-state index in [2.05, 4.69) is 35.3 Å². The third-order valence-corrected chi connectivity index (χ3v) is 3.27. The number of benzene rings is 1. The Morgan fingerprint density at radius 2 is 2.40 bits per heavy atom. The number of hydrogen-bond donors (Lipinski definition) is 1. The minimum Gasteiger partial charge on any atom is -0.489 e. The highest BCUT2D eigenvalue weighted by Crippen LogP contribution is 2.36. The third kappa shape index (κ3) is 1.38. The van der Waals surface area contributed by atoms with E-state index in [1.807, 2.05) is 0 Å². The van der Waals surface area contributed by atoms with Crippen molar-refractivity contribution in [2.24, 2.45) is 0 Å². The first-order valence-corrected chi connectivity index (χ1v) is 5.56. The monoisotopic (exact) mass is 204 g/mol. The number of nitrogens with zero attached hydrogens (tertiary/aromatic N) is 1. The summed E-state index contributed by atoms with van der Waals surface area (Å²) < 4.78 is 5.79. The van der Waals surface area contributed by atoms with Gasteiger partial charge < -0.3 is 15.0 Å². The zero-order valence-electron chi connectivity index (χ0n) is 8.99. The molecule has 0 radical (unpaired) electrons. The summed E-state index contributed by atoms with van der Waals surface area (Å²) in [6.45, 7) is 6.17. The average Bonchev–Trinajstić information content (AvgIpc) is 2.29. The van der Waals surface area contributed by atoms with Crippen molar-refractivity contribution in [3.8, 4) is 5.75 Å². The van der Waals surface area contributed by atoms with Gasteiger partial charge in [0.15, 0.2) is 0 Å². The molecule has 3 heteroatoms. The van der Waals surface area contributed by atoms with Crippen LogP contribution in [0.3, 0.4) is 0 Å². The van der Waals surface area contributed by atoms with Crippen LogP contribution in [0.15, 0.2) is 18.2 Å². The lowest BCUT2D eigenvalue weighted by Crippen LogP contribution is -2.56. The van der Waals surface area contributed by atoms with Gasteiger partial charge in [-0.15, -0.1) is 0 Å². The van der Waals surface area contributed by atoms with Crippen molar-refractivity contribution in [3.63, 3.8) is 0 Å². The van der Waals surface area contributed by atoms with Gasteiger partial charge in [-0.3, -0.25) is 0 Å². The fourth-order valence-corrected chi connectivity index (χ4v) is 2.51. The molecule has 0 spiro atoms. The summed E-state index contributed by atoms with van der Waals surface area (Å²) in [5.41, 5.74) is 2.62. The standard InChI is InChI=1S/C12H16N2O/c1-9-3-2-4-11-12(9)14-6-5-13-7-10(14)8-15-11/h2-4,10,13H,5-8H2,1H3. The van der Waals surface area contributed by atoms with E-state index in [9.17, 15) is 0 Å². The van der Waals surface area contributed by atoms with E-state index in [4.69, 9.17) is 4.74 Å². The Labute approximate surface area is 90.0 Å². The minimum absolute atomic E-state index is 0.507. The van der Waals surface area contributed by atoms with E-state index < -0.39 is 0 Å². The van der Waals surface area contributed by atoms with Crippen LogP contribution < -0.4 is 15.0 Å². The molecule has 1 fully saturated rings. The molecule has 0 saturated carbocycles. The first-order valence-electron chi connectivity index (χ1n) is 5.56. The number of rotatable bonds is 0. The normalized spacial score (nSPS) is 24.1. The van der Waals surface area contributed by atoms with Crippen LogP contribution in [-0.2, 0) is 0 Å². The molecule has 80 valence electrons. The second-order valence-electron chi connectivity index (χ2n) is 4.28. The first-order chi connectivity index (χ1) is 7.36. The molecular formula is C12H16N2O. The van der Waals surface area contributed by atoms with Crippen LogP contribution in [-0.4, -0.2) is 32.3 Å². The summed E-state index contributed by atoms with van der Waals surface area (Å²) in [4.78, 5) is 2.49. The van der Waals surface area contributed by atoms with Gasteiger partial charge in [-0.2, -0.15) is 0 Å². The van der Waals surface area contributed by atoms with Gasteiger partial charge in [0.05, 0.1) is 11.7 Å². The van der Waals surface area contributed by atoms with E-state index in [1.165, 1.54) is 11.3 Å². The van der Waals surface area contributed by atoms with E-state index >= 15 is 0 Å². The molecule has 1 saturated heterocycles. The number of para-hydroxylation sites is 1. The number of anilines is 1. The minimum atomic E-state index is 0.507. The molecule has 0 amide bonds. The molecule has 2 heterocycles. The topological polar surface area (TPSA) is 24.5 Å². The largest absolute Gasteiger partial charge is 0.489 e. The number of ether oxygens (including phenoxy) is 1. The van der Waals surface area contributed by atoms with E-state index in [0.29, 0.717) is 6.04 Å². The van der Waals surface area contributed by atoms with Crippen molar-refractivity contribution >= 4 is 5.69 Å². The Hall–Kier alpha value is -1.22. The van der Waals surface area contributed by atoms with E-state index in [0.717, 1.165) is 32.0 Å². The number of piperazine rings is 1. The Bertz CT molecular complexity index is 378. The highest BCUT2D eigenvalue weighted by Gasteiger charge is 2.30. The van der Waals surface area contributed by atoms with E-state index in [1.54, 1.807) is 0 Å². The van der Waals surface area contributed by atoms with Crippen molar-refractivity contribution in [2.75, 3.05) is 31.1 Å². The summed E-state index contributed by atoms with van der Waals surface area (Å²) >= 11 is 0. The van der Waals surface area contributed by atoms with E-state index in [-0.39, 0.29) is 0 Å². The Morgan fingerprint density at radius 1 is 1.47 bits per heavy atom. The smallest absolute Gasteiger partial charge is 0.142 e. The molecule has 0 aliphatic carbocycles. The van der Waals surface area contributed by atoms with Crippen LogP contribution in [0, 0.1) is 6.92 Å². The number of fused-ring (bicyclic) bond motifs is 3. The van der Waals surface area contributed by atoms with Crippen molar-refractivity contribution in [3.05, 3.63) is 23.8 Å². The fraction of sp³-hybridized carbons (Fsp3) is 0.500. The molecule has 3 rings (SSSR count). The van der Waals surface area contributed by atoms with Crippen LogP contribution >= 0.6 is 0 Å². The number of hydrogen-bond acceptors (Lipinski definition) is 3. The number of aryl methyl sites for hydroxylation is 1. The molecule has 1 atom stereocenters. The SMILES string of the molecule is Cc1cccc2c1N1CCNCC1CO2. The average molecular weight is 204 g/mol. The second-order valence-corrected chi connectivity index (χ2v) is 4.28. The molecule has 2 aliphatic rings. The molecule has 1 aromatic carbocycles. The maximum atomic E-state index is 5.79. The summed E-state index contributed by atoms with van der Waals surface area (Å²) in [6, 6.07) is 6.80. The van der Waals surface area contributed by atoms with Gasteiger partial charge in [-0.05, 0) is 18.6 Å². The second kappa shape index (κ2) is 3.42. The molecule has 1 aromatic rings. The molecule has 0 bridgehead atoms. The van der Waals surface area contributed by atoms with Crippen LogP contribution in [0.4, 0.5) is 5.69 Å². The Morgan fingerprint density at radius 3 is 3.33 bits per heavy atom. The van der Waals surface area contributed by atoms with Gasteiger partial charge in [0.25, 0.3) is 0 Å². The van der Waals surface area contributed by atoms with Crippen molar-refractivity contribution in [2.45, 2.75) is 13.0 Å². The highest BCUT2D eigenvalue weighted by atomic mass is 16.5. The van der Waals surface area contributed by atoms with Gasteiger partial charge >= 0.3 is 0 Å². The van der Waals surface area contributed by atoms with Gasteiger partial charge in [0.1, 0.15) is 12.4 Å². The summed E-state index contributed by atoms with van der Waals surface area (Å²) in [5.74, 6) is 1.05. The van der Waals surface area contributed by atoms with Crippen LogP contribution in [0.2, 0.25) is 0 Å². The maximum Gasteiger partial charge on any atom is 0.142 e. The van der Waals surface area contributed by atoms with Crippen LogP contribution in [0.1, 0.15) is 5.56 Å². The zero-order chi connectivity index (χ0) is 10.3. The Balaban J connectivity index is 2.05. The van der Waals surface area contributed by atoms with Gasteiger partial charge in [0, 0.05) is 19.6 Å². The van der Waals surface area contributed by atoms with Gasteiger partial charge in [0.2, 0.25) is 0 Å². The Kier molecular flexibility index (Phi) is 2.06. The molecule has 2 aliphatic heterocycles. The number of nitrogens with one attached hydrogen (secondary N) is 1. The van der Waals surface area contributed by atoms with Crippen molar-refractivity contribution in [1.82, 2.24) is 5.32 Å². The highest BCUT2D eigenvalue weighted by molar-refractivity contribution is 5.65. The predicted molar refractivity (Wildman–Crippen MR) is 60.7 cm³/mol. The lowest BCUT2D eigenvalue weighted by Gasteiger charge is -2.42. The van der Waals surface area contributed by atoms with Crippen molar-refractivity contribution < 1.29 is 4.74 Å². The summed E-state index contributed by atoms with van der Waals surface area (Å²) in [7, 11) is 0. The molecule has 1 unspecified atom stereocenters. The molecular weight excluding hydrogens is 188 g/mol. The van der Waals surface area contributed by atoms with Crippen LogP contribution in [0.25, 0.3) is 0 Å². The lowest BCUT2D eigenvalue weighted by atomic mass is 10.1. The third-order valence-electron chi connectivity index (χ3n) is 3.27. The molecule has 15 heavy (non-hydrogen) atoms. The quantitative estimate of drug-likeness (QED) is 0.686.